The molecule has 0 saturated heterocycles. The monoisotopic (exact) mass is 442 g/mol. The molecular weight excluding hydrogens is 408 g/mol. The third-order valence-corrected chi connectivity index (χ3v) is 5.14. The van der Waals surface area contributed by atoms with Gasteiger partial charge in [-0.2, -0.15) is 0 Å². The summed E-state index contributed by atoms with van der Waals surface area (Å²) in [6.07, 6.45) is 7.36. The average Bonchev–Trinajstić information content (AvgIpc) is 2.82. The summed E-state index contributed by atoms with van der Waals surface area (Å²) < 4.78 is 5.77. The van der Waals surface area contributed by atoms with E-state index in [4.69, 9.17) is 15.3 Å². The Kier molecular flexibility index (Phi) is 11.9. The molecule has 0 fully saturated rings. The van der Waals surface area contributed by atoms with E-state index in [1.165, 1.54) is 19.3 Å². The van der Waals surface area contributed by atoms with Crippen LogP contribution in [0, 0.1) is 0 Å². The lowest BCUT2D eigenvalue weighted by Gasteiger charge is -2.24. The van der Waals surface area contributed by atoms with Crippen LogP contribution in [0.1, 0.15) is 49.7 Å². The number of hydrogen-bond acceptors (Lipinski definition) is 5. The summed E-state index contributed by atoms with van der Waals surface area (Å²) >= 11 is 0. The third kappa shape index (κ3) is 9.49. The third-order valence-electron chi connectivity index (χ3n) is 5.14. The molecule has 0 aliphatic heterocycles. The number of nitrogens with two attached hydrogens (primary N) is 1. The molecule has 0 bridgehead atoms. The zero-order valence-corrected chi connectivity index (χ0v) is 18.5. The summed E-state index contributed by atoms with van der Waals surface area (Å²) in [5.74, 6) is -0.381. The molecule has 2 aromatic rings. The Morgan fingerprint density at radius 1 is 0.938 bits per heavy atom. The fourth-order valence-electron chi connectivity index (χ4n) is 3.29. The molecule has 2 aromatic carbocycles. The van der Waals surface area contributed by atoms with E-state index in [1.807, 2.05) is 54.6 Å². The quantitative estimate of drug-likeness (QED) is 0.218. The van der Waals surface area contributed by atoms with Crippen molar-refractivity contribution >= 4 is 12.4 Å². The van der Waals surface area contributed by atoms with Crippen LogP contribution in [-0.4, -0.2) is 41.7 Å². The summed E-state index contributed by atoms with van der Waals surface area (Å²) in [5.41, 5.74) is 7.12. The average molecular weight is 443 g/mol. The van der Waals surface area contributed by atoms with E-state index in [9.17, 15) is 14.7 Å². The van der Waals surface area contributed by atoms with Crippen LogP contribution in [0.5, 0.6) is 5.75 Å². The summed E-state index contributed by atoms with van der Waals surface area (Å²) in [5, 5.41) is 10.5. The Bertz CT molecular complexity index is 783. The minimum atomic E-state index is -1.13. The van der Waals surface area contributed by atoms with Gasteiger partial charge >= 0.3 is 5.97 Å². The molecule has 0 saturated carbocycles. The van der Waals surface area contributed by atoms with E-state index in [2.05, 4.69) is 0 Å². The molecule has 1 amide bonds. The second-order valence-electron chi connectivity index (χ2n) is 7.68. The Hall–Kier alpha value is -2.90. The molecule has 32 heavy (non-hydrogen) atoms. The van der Waals surface area contributed by atoms with E-state index in [0.717, 1.165) is 47.7 Å². The summed E-state index contributed by atoms with van der Waals surface area (Å²) in [7, 11) is 0. The SMILES string of the molecule is NCCCCCCCCOc1ccc(CC(C(=O)O)N(C=O)OCc2ccccc2)cc1. The fraction of sp³-hybridized carbons (Fsp3) is 0.440. The Morgan fingerprint density at radius 3 is 2.22 bits per heavy atom. The molecule has 174 valence electrons. The highest BCUT2D eigenvalue weighted by Crippen LogP contribution is 2.17. The van der Waals surface area contributed by atoms with Crippen molar-refractivity contribution in [2.24, 2.45) is 5.73 Å². The lowest BCUT2D eigenvalue weighted by atomic mass is 10.1. The normalized spacial score (nSPS) is 11.7. The minimum absolute atomic E-state index is 0.114. The molecule has 0 aliphatic rings. The zero-order valence-electron chi connectivity index (χ0n) is 18.5. The number of hydrogen-bond donors (Lipinski definition) is 2. The van der Waals surface area contributed by atoms with Gasteiger partial charge in [-0.3, -0.25) is 9.63 Å². The van der Waals surface area contributed by atoms with Gasteiger partial charge in [0.1, 0.15) is 12.4 Å². The Balaban J connectivity index is 1.79. The van der Waals surface area contributed by atoms with Crippen molar-refractivity contribution in [3.63, 3.8) is 0 Å². The maximum Gasteiger partial charge on any atom is 0.329 e. The number of carboxylic acid groups (broad SMARTS) is 1. The van der Waals surface area contributed by atoms with Crippen LogP contribution in [0.3, 0.4) is 0 Å². The fourth-order valence-corrected chi connectivity index (χ4v) is 3.29. The molecule has 0 heterocycles. The molecule has 7 nitrogen and oxygen atoms in total. The maximum atomic E-state index is 11.8. The standard InChI is InChI=1S/C25H34N2O5/c26-16-8-3-1-2-4-9-17-31-23-14-12-21(13-15-23)18-24(25(29)30)27(20-28)32-19-22-10-6-5-7-11-22/h5-7,10-15,20,24H,1-4,8-9,16-19,26H2,(H,29,30). The highest BCUT2D eigenvalue weighted by molar-refractivity contribution is 5.76. The number of amides is 1. The van der Waals surface area contributed by atoms with E-state index >= 15 is 0 Å². The van der Waals surface area contributed by atoms with Crippen molar-refractivity contribution in [3.8, 4) is 5.75 Å². The van der Waals surface area contributed by atoms with Gasteiger partial charge in [0.05, 0.1) is 6.61 Å². The molecule has 0 spiro atoms. The van der Waals surface area contributed by atoms with Crippen LogP contribution >= 0.6 is 0 Å². The van der Waals surface area contributed by atoms with E-state index in [0.29, 0.717) is 13.0 Å². The number of aliphatic carboxylic acids is 1. The molecule has 1 unspecified atom stereocenters. The smallest absolute Gasteiger partial charge is 0.329 e. The van der Waals surface area contributed by atoms with Crippen LogP contribution in [-0.2, 0) is 27.5 Å². The van der Waals surface area contributed by atoms with E-state index in [-0.39, 0.29) is 13.0 Å². The lowest BCUT2D eigenvalue weighted by molar-refractivity contribution is -0.200. The first-order chi connectivity index (χ1) is 15.6. The second kappa shape index (κ2) is 15.0. The molecule has 0 radical (unpaired) electrons. The topological polar surface area (TPSA) is 102 Å². The number of nitrogens with zero attached hydrogens (tertiary/aromatic N) is 1. The molecule has 7 heteroatoms. The van der Waals surface area contributed by atoms with Crippen LogP contribution in [0.2, 0.25) is 0 Å². The summed E-state index contributed by atoms with van der Waals surface area (Å²) in [6, 6.07) is 15.4. The largest absolute Gasteiger partial charge is 0.494 e. The minimum Gasteiger partial charge on any atom is -0.494 e. The second-order valence-corrected chi connectivity index (χ2v) is 7.68. The summed E-state index contributed by atoms with van der Waals surface area (Å²) in [6.45, 7) is 1.53. The van der Waals surface area contributed by atoms with Crippen molar-refractivity contribution in [3.05, 3.63) is 65.7 Å². The molecular formula is C25H34N2O5. The highest BCUT2D eigenvalue weighted by atomic mass is 16.7. The first-order valence-corrected chi connectivity index (χ1v) is 11.2. The molecule has 0 aliphatic carbocycles. The number of carboxylic acids is 1. The number of carbonyl (C=O) groups is 2. The Labute approximate surface area is 190 Å². The van der Waals surface area contributed by atoms with Crippen molar-refractivity contribution in [2.45, 2.75) is 57.6 Å². The van der Waals surface area contributed by atoms with Gasteiger partial charge in [0.2, 0.25) is 6.41 Å². The molecule has 1 atom stereocenters. The molecule has 0 aromatic heterocycles. The zero-order chi connectivity index (χ0) is 23.0. The van der Waals surface area contributed by atoms with Crippen LogP contribution in [0.4, 0.5) is 0 Å². The predicted molar refractivity (Wildman–Crippen MR) is 123 cm³/mol. The molecule has 3 N–H and O–H groups in total. The van der Waals surface area contributed by atoms with Crippen LogP contribution in [0.25, 0.3) is 0 Å². The van der Waals surface area contributed by atoms with Gasteiger partial charge in [0.25, 0.3) is 0 Å². The number of benzene rings is 2. The van der Waals surface area contributed by atoms with E-state index < -0.39 is 12.0 Å². The highest BCUT2D eigenvalue weighted by Gasteiger charge is 2.26. The van der Waals surface area contributed by atoms with Gasteiger partial charge < -0.3 is 15.6 Å². The maximum absolute atomic E-state index is 11.8. The first-order valence-electron chi connectivity index (χ1n) is 11.2. The van der Waals surface area contributed by atoms with E-state index in [1.54, 1.807) is 0 Å². The first kappa shape index (κ1) is 25.4. The number of rotatable bonds is 17. The van der Waals surface area contributed by atoms with Crippen LogP contribution in [0.15, 0.2) is 54.6 Å². The number of ether oxygens (including phenoxy) is 1. The van der Waals surface area contributed by atoms with Gasteiger partial charge in [-0.25, -0.2) is 9.86 Å². The van der Waals surface area contributed by atoms with Crippen LogP contribution < -0.4 is 10.5 Å². The Morgan fingerprint density at radius 2 is 1.59 bits per heavy atom. The van der Waals surface area contributed by atoms with Gasteiger partial charge in [-0.05, 0) is 42.6 Å². The lowest BCUT2D eigenvalue weighted by Crippen LogP contribution is -2.41. The summed E-state index contributed by atoms with van der Waals surface area (Å²) in [4.78, 5) is 28.7. The number of unbranched alkanes of at least 4 members (excludes halogenated alkanes) is 5. The van der Waals surface area contributed by atoms with Gasteiger partial charge in [0, 0.05) is 6.42 Å². The van der Waals surface area contributed by atoms with Gasteiger partial charge in [-0.15, -0.1) is 0 Å². The molecule has 2 rings (SSSR count). The van der Waals surface area contributed by atoms with Gasteiger partial charge in [0.15, 0.2) is 6.04 Å². The number of carbonyl (C=O) groups excluding carboxylic acids is 1. The number of hydroxylamine groups is 2. The predicted octanol–water partition coefficient (Wildman–Crippen LogP) is 3.95. The van der Waals surface area contributed by atoms with Crippen molar-refractivity contribution < 1.29 is 24.3 Å². The van der Waals surface area contributed by atoms with Crippen molar-refractivity contribution in [2.75, 3.05) is 13.2 Å². The van der Waals surface area contributed by atoms with Crippen molar-refractivity contribution in [1.82, 2.24) is 5.06 Å². The van der Waals surface area contributed by atoms with Crippen molar-refractivity contribution in [1.29, 1.82) is 0 Å². The van der Waals surface area contributed by atoms with Gasteiger partial charge in [-0.1, -0.05) is 68.1 Å².